The van der Waals surface area contributed by atoms with Gasteiger partial charge in [-0.15, -0.1) is 0 Å². The van der Waals surface area contributed by atoms with Crippen LogP contribution in [0.5, 0.6) is 0 Å². The largest absolute Gasteiger partial charge is 0.495 e. The van der Waals surface area contributed by atoms with E-state index in [2.05, 4.69) is 12.2 Å². The maximum Gasteiger partial charge on any atom is 0.495 e. The van der Waals surface area contributed by atoms with Gasteiger partial charge in [-0.3, -0.25) is 4.79 Å². The Morgan fingerprint density at radius 1 is 1.10 bits per heavy atom. The maximum atomic E-state index is 12.7. The molecule has 29 heavy (non-hydrogen) atoms. The van der Waals surface area contributed by atoms with Crippen LogP contribution in [0.2, 0.25) is 0 Å². The summed E-state index contributed by atoms with van der Waals surface area (Å²) in [5, 5.41) is 2.86. The van der Waals surface area contributed by atoms with Crippen molar-refractivity contribution in [3.05, 3.63) is 59.2 Å². The van der Waals surface area contributed by atoms with Crippen LogP contribution in [-0.2, 0) is 9.31 Å². The summed E-state index contributed by atoms with van der Waals surface area (Å²) in [7, 11) is -0.530. The lowest BCUT2D eigenvalue weighted by molar-refractivity contribution is -0.0118. The molecule has 1 heterocycles. The molecule has 1 fully saturated rings. The van der Waals surface area contributed by atoms with E-state index in [0.717, 1.165) is 17.4 Å². The van der Waals surface area contributed by atoms with E-state index in [1.807, 2.05) is 39.8 Å². The molecule has 0 aromatic heterocycles. The Morgan fingerprint density at radius 2 is 1.76 bits per heavy atom. The molecule has 2 aromatic rings. The van der Waals surface area contributed by atoms with Crippen LogP contribution in [0.15, 0.2) is 42.5 Å². The summed E-state index contributed by atoms with van der Waals surface area (Å²) in [6.45, 7) is 10.0. The van der Waals surface area contributed by atoms with E-state index in [4.69, 9.17) is 9.31 Å². The van der Waals surface area contributed by atoms with Gasteiger partial charge in [0.25, 0.3) is 12.3 Å². The zero-order chi connectivity index (χ0) is 21.4. The molecular formula is C22H26BF2NO3. The van der Waals surface area contributed by atoms with Crippen LogP contribution in [0.1, 0.15) is 62.0 Å². The number of carbonyl (C=O) groups excluding carboxylic acids is 1. The molecule has 1 unspecified atom stereocenters. The van der Waals surface area contributed by atoms with Crippen molar-refractivity contribution >= 4 is 24.2 Å². The number of amides is 1. The van der Waals surface area contributed by atoms with E-state index in [0.29, 0.717) is 11.3 Å². The quantitative estimate of drug-likeness (QED) is 0.727. The van der Waals surface area contributed by atoms with Gasteiger partial charge in [-0.1, -0.05) is 31.2 Å². The number of halogens is 2. The number of hydrogen-bond acceptors (Lipinski definition) is 3. The van der Waals surface area contributed by atoms with Crippen molar-refractivity contribution in [3.63, 3.8) is 0 Å². The van der Waals surface area contributed by atoms with E-state index >= 15 is 0 Å². The first kappa shape index (κ1) is 21.5. The Labute approximate surface area is 170 Å². The smallest absolute Gasteiger partial charge is 0.399 e. The Morgan fingerprint density at radius 3 is 2.31 bits per heavy atom. The van der Waals surface area contributed by atoms with Crippen LogP contribution in [0.4, 0.5) is 14.5 Å². The molecule has 0 saturated carbocycles. The van der Waals surface area contributed by atoms with E-state index in [1.54, 1.807) is 6.07 Å². The van der Waals surface area contributed by atoms with Crippen molar-refractivity contribution < 1.29 is 22.9 Å². The number of benzene rings is 2. The maximum absolute atomic E-state index is 12.7. The lowest BCUT2D eigenvalue weighted by Gasteiger charge is -2.35. The molecule has 1 aliphatic heterocycles. The number of carbonyl (C=O) groups is 1. The number of alkyl halides is 2. The molecule has 1 amide bonds. The third kappa shape index (κ3) is 4.07. The van der Waals surface area contributed by atoms with Crippen LogP contribution in [-0.4, -0.2) is 24.2 Å². The first-order valence-corrected chi connectivity index (χ1v) is 9.72. The summed E-state index contributed by atoms with van der Waals surface area (Å²) in [5.41, 5.74) is 1.64. The fourth-order valence-corrected chi connectivity index (χ4v) is 3.45. The average Bonchev–Trinajstić information content (AvgIpc) is 2.93. The molecule has 7 heteroatoms. The van der Waals surface area contributed by atoms with Crippen molar-refractivity contribution in [2.45, 2.75) is 58.7 Å². The van der Waals surface area contributed by atoms with Gasteiger partial charge < -0.3 is 14.6 Å². The fourth-order valence-electron chi connectivity index (χ4n) is 3.45. The molecule has 2 aromatic carbocycles. The normalized spacial score (nSPS) is 20.9. The first-order chi connectivity index (χ1) is 13.6. The Bertz CT molecular complexity index is 901. The van der Waals surface area contributed by atoms with Gasteiger partial charge in [0.15, 0.2) is 0 Å². The predicted molar refractivity (Wildman–Crippen MR) is 111 cm³/mol. The molecule has 3 rings (SSSR count). The van der Waals surface area contributed by atoms with Gasteiger partial charge in [0.1, 0.15) is 0 Å². The standard InChI is InChI=1S/C22H26BF2NO3/c1-6-22(5)21(3,4)28-23(29-22)17-8-7-9-18(14(17)2)26-20(27)16-12-10-15(11-13-16)19(24)25/h7-13,19H,6H2,1-5H3,(H,26,27). The Balaban J connectivity index is 1.81. The van der Waals surface area contributed by atoms with Crippen LogP contribution in [0.3, 0.4) is 0 Å². The fraction of sp³-hybridized carbons (Fsp3) is 0.409. The highest BCUT2D eigenvalue weighted by Crippen LogP contribution is 2.39. The Hall–Kier alpha value is -2.25. The molecule has 1 atom stereocenters. The molecule has 4 nitrogen and oxygen atoms in total. The number of rotatable bonds is 5. The van der Waals surface area contributed by atoms with Gasteiger partial charge in [-0.2, -0.15) is 0 Å². The minimum atomic E-state index is -2.56. The summed E-state index contributed by atoms with van der Waals surface area (Å²) in [6.07, 6.45) is -1.75. The first-order valence-electron chi connectivity index (χ1n) is 9.72. The summed E-state index contributed by atoms with van der Waals surface area (Å²) in [6, 6.07) is 10.9. The van der Waals surface area contributed by atoms with Gasteiger partial charge in [0.05, 0.1) is 11.2 Å². The van der Waals surface area contributed by atoms with Gasteiger partial charge >= 0.3 is 7.12 Å². The molecule has 0 aliphatic carbocycles. The summed E-state index contributed by atoms with van der Waals surface area (Å²) < 4.78 is 37.9. The van der Waals surface area contributed by atoms with Crippen LogP contribution < -0.4 is 10.8 Å². The van der Waals surface area contributed by atoms with Crippen molar-refractivity contribution in [1.82, 2.24) is 0 Å². The van der Waals surface area contributed by atoms with Crippen molar-refractivity contribution in [3.8, 4) is 0 Å². The highest BCUT2D eigenvalue weighted by molar-refractivity contribution is 6.62. The van der Waals surface area contributed by atoms with Gasteiger partial charge in [0.2, 0.25) is 0 Å². The van der Waals surface area contributed by atoms with E-state index in [-0.39, 0.29) is 11.5 Å². The van der Waals surface area contributed by atoms with E-state index in [9.17, 15) is 13.6 Å². The monoisotopic (exact) mass is 401 g/mol. The van der Waals surface area contributed by atoms with E-state index < -0.39 is 24.7 Å². The predicted octanol–water partition coefficient (Wildman–Crippen LogP) is 4.87. The second-order valence-corrected chi connectivity index (χ2v) is 8.06. The molecule has 0 radical (unpaired) electrons. The zero-order valence-electron chi connectivity index (χ0n) is 17.4. The highest BCUT2D eigenvalue weighted by atomic mass is 19.3. The van der Waals surface area contributed by atoms with Crippen molar-refractivity contribution in [2.75, 3.05) is 5.32 Å². The molecule has 1 saturated heterocycles. The number of anilines is 1. The molecule has 0 bridgehead atoms. The number of nitrogens with one attached hydrogen (secondary N) is 1. The van der Waals surface area contributed by atoms with Crippen molar-refractivity contribution in [1.29, 1.82) is 0 Å². The second-order valence-electron chi connectivity index (χ2n) is 8.06. The van der Waals surface area contributed by atoms with Gasteiger partial charge in [-0.05, 0) is 63.3 Å². The van der Waals surface area contributed by atoms with Gasteiger partial charge in [0, 0.05) is 16.8 Å². The summed E-state index contributed by atoms with van der Waals surface area (Å²) >= 11 is 0. The molecule has 0 spiro atoms. The third-order valence-electron chi connectivity index (χ3n) is 6.02. The molecular weight excluding hydrogens is 375 g/mol. The minimum absolute atomic E-state index is 0.114. The minimum Gasteiger partial charge on any atom is -0.399 e. The third-order valence-corrected chi connectivity index (χ3v) is 6.02. The lowest BCUT2D eigenvalue weighted by Crippen LogP contribution is -2.44. The molecule has 154 valence electrons. The summed E-state index contributed by atoms with van der Waals surface area (Å²) in [4.78, 5) is 12.6. The van der Waals surface area contributed by atoms with Crippen molar-refractivity contribution in [2.24, 2.45) is 0 Å². The lowest BCUT2D eigenvalue weighted by atomic mass is 9.76. The van der Waals surface area contributed by atoms with Crippen LogP contribution in [0, 0.1) is 6.92 Å². The topological polar surface area (TPSA) is 47.6 Å². The zero-order valence-corrected chi connectivity index (χ0v) is 17.4. The van der Waals surface area contributed by atoms with Gasteiger partial charge in [-0.25, -0.2) is 8.78 Å². The second kappa shape index (κ2) is 7.88. The SMILES string of the molecule is CCC1(C)OB(c2cccc(NC(=O)c3ccc(C(F)F)cc3)c2C)OC1(C)C. The Kier molecular flexibility index (Phi) is 5.83. The molecule has 1 N–H and O–H groups in total. The van der Waals surface area contributed by atoms with E-state index in [1.165, 1.54) is 24.3 Å². The molecule has 1 aliphatic rings. The average molecular weight is 401 g/mol. The number of hydrogen-bond donors (Lipinski definition) is 1. The van der Waals surface area contributed by atoms with Crippen LogP contribution >= 0.6 is 0 Å². The summed E-state index contributed by atoms with van der Waals surface area (Å²) in [5.74, 6) is -0.363. The van der Waals surface area contributed by atoms with Crippen LogP contribution in [0.25, 0.3) is 0 Å². The highest BCUT2D eigenvalue weighted by Gasteiger charge is 2.53.